The quantitative estimate of drug-likeness (QED) is 0.509. The highest BCUT2D eigenvalue weighted by molar-refractivity contribution is 5.96. The zero-order chi connectivity index (χ0) is 19.5. The molecular weight excluding hydrogens is 350 g/mol. The molecule has 0 amide bonds. The Hall–Kier alpha value is -3.53. The van der Waals surface area contributed by atoms with E-state index in [-0.39, 0.29) is 5.56 Å². The monoisotopic (exact) mass is 371 g/mol. The molecule has 0 fully saturated rings. The second kappa shape index (κ2) is 7.61. The van der Waals surface area contributed by atoms with Crippen LogP contribution in [0.5, 0.6) is 11.5 Å². The van der Waals surface area contributed by atoms with Crippen molar-refractivity contribution in [1.29, 1.82) is 0 Å². The summed E-state index contributed by atoms with van der Waals surface area (Å²) in [6.07, 6.45) is 1.93. The van der Waals surface area contributed by atoms with Crippen LogP contribution in [-0.2, 0) is 6.54 Å². The van der Waals surface area contributed by atoms with E-state index in [2.05, 4.69) is 0 Å². The number of hydrogen-bond acceptors (Lipinski definition) is 3. The summed E-state index contributed by atoms with van der Waals surface area (Å²) in [5.74, 6) is 1.33. The lowest BCUT2D eigenvalue weighted by molar-refractivity contribution is 0.355. The first-order chi connectivity index (χ1) is 13.7. The molecular formula is C24H21NO3. The van der Waals surface area contributed by atoms with Gasteiger partial charge in [-0.1, -0.05) is 54.6 Å². The first kappa shape index (κ1) is 17.9. The van der Waals surface area contributed by atoms with Crippen molar-refractivity contribution in [3.8, 4) is 22.6 Å². The average Bonchev–Trinajstić information content (AvgIpc) is 2.76. The minimum atomic E-state index is 0.00341. The standard InChI is InChI=1S/C24H21NO3/c1-27-22-13-12-18(14-23(22)28-2)21-16-25(15-17-8-4-3-5-9-17)24(26)20-11-7-6-10-19(20)21/h3-14,16H,15H2,1-2H3. The van der Waals surface area contributed by atoms with Crippen LogP contribution in [-0.4, -0.2) is 18.8 Å². The van der Waals surface area contributed by atoms with E-state index in [9.17, 15) is 4.79 Å². The minimum absolute atomic E-state index is 0.00341. The molecule has 4 nitrogen and oxygen atoms in total. The van der Waals surface area contributed by atoms with Gasteiger partial charge in [0.05, 0.1) is 20.8 Å². The molecule has 0 radical (unpaired) electrons. The van der Waals surface area contributed by atoms with Crippen molar-refractivity contribution in [1.82, 2.24) is 4.57 Å². The molecule has 140 valence electrons. The Morgan fingerprint density at radius 2 is 1.46 bits per heavy atom. The topological polar surface area (TPSA) is 40.5 Å². The number of ether oxygens (including phenoxy) is 2. The van der Waals surface area contributed by atoms with E-state index in [0.717, 1.165) is 22.1 Å². The number of nitrogens with zero attached hydrogens (tertiary/aromatic N) is 1. The Morgan fingerprint density at radius 1 is 0.786 bits per heavy atom. The van der Waals surface area contributed by atoms with Crippen LogP contribution >= 0.6 is 0 Å². The van der Waals surface area contributed by atoms with Crippen molar-refractivity contribution in [2.75, 3.05) is 14.2 Å². The maximum Gasteiger partial charge on any atom is 0.258 e. The van der Waals surface area contributed by atoms with Gasteiger partial charge < -0.3 is 14.0 Å². The Labute approximate surface area is 163 Å². The summed E-state index contributed by atoms with van der Waals surface area (Å²) in [5, 5.41) is 1.62. The first-order valence-corrected chi connectivity index (χ1v) is 9.10. The number of hydrogen-bond donors (Lipinski definition) is 0. The van der Waals surface area contributed by atoms with Gasteiger partial charge in [0.2, 0.25) is 0 Å². The SMILES string of the molecule is COc1ccc(-c2cn(Cc3ccccc3)c(=O)c3ccccc23)cc1OC. The molecule has 1 heterocycles. The maximum atomic E-state index is 13.1. The van der Waals surface area contributed by atoms with Gasteiger partial charge in [0.15, 0.2) is 11.5 Å². The van der Waals surface area contributed by atoms with E-state index >= 15 is 0 Å². The summed E-state index contributed by atoms with van der Waals surface area (Å²) in [5.41, 5.74) is 3.03. The van der Waals surface area contributed by atoms with Gasteiger partial charge in [-0.2, -0.15) is 0 Å². The second-order valence-corrected chi connectivity index (χ2v) is 6.58. The molecule has 0 unspecified atom stereocenters. The highest BCUT2D eigenvalue weighted by atomic mass is 16.5. The summed E-state index contributed by atoms with van der Waals surface area (Å²) in [4.78, 5) is 13.1. The van der Waals surface area contributed by atoms with E-state index < -0.39 is 0 Å². The number of fused-ring (bicyclic) bond motifs is 1. The summed E-state index contributed by atoms with van der Waals surface area (Å²) in [6.45, 7) is 0.519. The van der Waals surface area contributed by atoms with Crippen molar-refractivity contribution >= 4 is 10.8 Å². The normalized spacial score (nSPS) is 10.8. The van der Waals surface area contributed by atoms with Crippen molar-refractivity contribution in [3.05, 3.63) is 94.9 Å². The van der Waals surface area contributed by atoms with Gasteiger partial charge in [0.25, 0.3) is 5.56 Å². The molecule has 0 bridgehead atoms. The molecule has 0 saturated carbocycles. The van der Waals surface area contributed by atoms with Crippen LogP contribution in [0.1, 0.15) is 5.56 Å². The minimum Gasteiger partial charge on any atom is -0.493 e. The molecule has 28 heavy (non-hydrogen) atoms. The summed E-state index contributed by atoms with van der Waals surface area (Å²) >= 11 is 0. The molecule has 0 aliphatic rings. The zero-order valence-corrected chi connectivity index (χ0v) is 15.9. The third-order valence-electron chi connectivity index (χ3n) is 4.88. The average molecular weight is 371 g/mol. The Morgan fingerprint density at radius 3 is 2.18 bits per heavy atom. The van der Waals surface area contributed by atoms with Crippen molar-refractivity contribution in [2.45, 2.75) is 6.54 Å². The Balaban J connectivity index is 1.93. The van der Waals surface area contributed by atoms with E-state index in [1.165, 1.54) is 0 Å². The number of benzene rings is 3. The molecule has 0 saturated heterocycles. The predicted molar refractivity (Wildman–Crippen MR) is 112 cm³/mol. The molecule has 0 aliphatic carbocycles. The summed E-state index contributed by atoms with van der Waals surface area (Å²) < 4.78 is 12.6. The Bertz CT molecular complexity index is 1180. The van der Waals surface area contributed by atoms with Crippen LogP contribution < -0.4 is 15.0 Å². The third kappa shape index (κ3) is 3.25. The van der Waals surface area contributed by atoms with Gasteiger partial charge in [-0.3, -0.25) is 4.79 Å². The lowest BCUT2D eigenvalue weighted by atomic mass is 10.00. The van der Waals surface area contributed by atoms with Crippen LogP contribution in [0, 0.1) is 0 Å². The fraction of sp³-hybridized carbons (Fsp3) is 0.125. The molecule has 4 heteroatoms. The number of pyridine rings is 1. The zero-order valence-electron chi connectivity index (χ0n) is 15.9. The first-order valence-electron chi connectivity index (χ1n) is 9.10. The van der Waals surface area contributed by atoms with Crippen LogP contribution in [0.25, 0.3) is 21.9 Å². The van der Waals surface area contributed by atoms with Crippen LogP contribution in [0.15, 0.2) is 83.8 Å². The van der Waals surface area contributed by atoms with Crippen LogP contribution in [0.3, 0.4) is 0 Å². The van der Waals surface area contributed by atoms with Crippen molar-refractivity contribution in [2.24, 2.45) is 0 Å². The van der Waals surface area contributed by atoms with E-state index in [4.69, 9.17) is 9.47 Å². The van der Waals surface area contributed by atoms with Gasteiger partial charge >= 0.3 is 0 Å². The number of rotatable bonds is 5. The molecule has 0 spiro atoms. The maximum absolute atomic E-state index is 13.1. The van der Waals surface area contributed by atoms with Crippen molar-refractivity contribution in [3.63, 3.8) is 0 Å². The van der Waals surface area contributed by atoms with Gasteiger partial charge in [-0.15, -0.1) is 0 Å². The van der Waals surface area contributed by atoms with E-state index in [1.807, 2.05) is 79.0 Å². The van der Waals surface area contributed by atoms with Crippen molar-refractivity contribution < 1.29 is 9.47 Å². The van der Waals surface area contributed by atoms with E-state index in [0.29, 0.717) is 23.4 Å². The van der Waals surface area contributed by atoms with Crippen LogP contribution in [0.2, 0.25) is 0 Å². The molecule has 4 aromatic rings. The number of methoxy groups -OCH3 is 2. The van der Waals surface area contributed by atoms with Gasteiger partial charge in [-0.25, -0.2) is 0 Å². The Kier molecular flexibility index (Phi) is 4.85. The molecule has 1 aromatic heterocycles. The van der Waals surface area contributed by atoms with Crippen LogP contribution in [0.4, 0.5) is 0 Å². The lowest BCUT2D eigenvalue weighted by Gasteiger charge is -2.14. The fourth-order valence-corrected chi connectivity index (χ4v) is 3.47. The molecule has 4 rings (SSSR count). The van der Waals surface area contributed by atoms with E-state index in [1.54, 1.807) is 18.8 Å². The highest BCUT2D eigenvalue weighted by Crippen LogP contribution is 2.34. The summed E-state index contributed by atoms with van der Waals surface area (Å²) in [6, 6.07) is 23.5. The number of aromatic nitrogens is 1. The molecule has 0 aliphatic heterocycles. The smallest absolute Gasteiger partial charge is 0.258 e. The molecule has 0 atom stereocenters. The second-order valence-electron chi connectivity index (χ2n) is 6.58. The molecule has 3 aromatic carbocycles. The highest BCUT2D eigenvalue weighted by Gasteiger charge is 2.13. The fourth-order valence-electron chi connectivity index (χ4n) is 3.47. The van der Waals surface area contributed by atoms with Gasteiger partial charge in [0.1, 0.15) is 0 Å². The molecule has 0 N–H and O–H groups in total. The lowest BCUT2D eigenvalue weighted by Crippen LogP contribution is -2.20. The summed E-state index contributed by atoms with van der Waals surface area (Å²) in [7, 11) is 3.24. The predicted octanol–water partition coefficient (Wildman–Crippen LogP) is 4.73. The third-order valence-corrected chi connectivity index (χ3v) is 4.88. The van der Waals surface area contributed by atoms with Gasteiger partial charge in [0, 0.05) is 17.1 Å². The largest absolute Gasteiger partial charge is 0.493 e. The van der Waals surface area contributed by atoms with Gasteiger partial charge in [-0.05, 0) is 34.7 Å².